The van der Waals surface area contributed by atoms with E-state index in [1.165, 1.54) is 50.1 Å². The fourth-order valence-electron chi connectivity index (χ4n) is 3.92. The highest BCUT2D eigenvalue weighted by Crippen LogP contribution is 2.32. The van der Waals surface area contributed by atoms with Crippen molar-refractivity contribution in [1.29, 1.82) is 5.41 Å². The Hall–Kier alpha value is -2.44. The summed E-state index contributed by atoms with van der Waals surface area (Å²) in [6.07, 6.45) is 11.2. The number of nitrogens with one attached hydrogen (secondary N) is 1. The molecule has 3 rings (SSSR count). The van der Waals surface area contributed by atoms with Gasteiger partial charge in [0.2, 0.25) is 0 Å². The number of allylic oxidation sites excluding steroid dienone is 2. The highest BCUT2D eigenvalue weighted by molar-refractivity contribution is 6.31. The first-order valence-electron chi connectivity index (χ1n) is 11.1. The van der Waals surface area contributed by atoms with Crippen molar-refractivity contribution in [3.05, 3.63) is 58.5 Å². The Bertz CT molecular complexity index is 945. The Balaban J connectivity index is 1.62. The Kier molecular flexibility index (Phi) is 9.06. The molecule has 1 aromatic carbocycles. The number of benzene rings is 1. The number of nitrogen functional groups attached to an aromatic ring is 1. The van der Waals surface area contributed by atoms with E-state index in [1.807, 2.05) is 0 Å². The highest BCUT2D eigenvalue weighted by atomic mass is 35.5. The first-order valence-corrected chi connectivity index (χ1v) is 11.5. The molecule has 32 heavy (non-hydrogen) atoms. The molecule has 3 N–H and O–H groups in total. The van der Waals surface area contributed by atoms with E-state index in [2.05, 4.69) is 11.1 Å². The number of ether oxygens (including phenoxy) is 2. The van der Waals surface area contributed by atoms with Gasteiger partial charge < -0.3 is 20.6 Å². The number of pyridine rings is 1. The molecule has 0 amide bonds. The third kappa shape index (κ3) is 6.78. The van der Waals surface area contributed by atoms with Crippen LogP contribution in [-0.2, 0) is 4.74 Å². The minimum absolute atomic E-state index is 0.230. The molecular weight excluding hydrogens is 429 g/mol. The minimum Gasteiger partial charge on any atom is -0.482 e. The maximum absolute atomic E-state index is 13.6. The lowest BCUT2D eigenvalue weighted by Gasteiger charge is -2.21. The number of hydrogen-bond donors (Lipinski definition) is 2. The van der Waals surface area contributed by atoms with Crippen LogP contribution in [0.2, 0.25) is 5.02 Å². The maximum atomic E-state index is 13.6. The molecule has 2 aromatic rings. The topological polar surface area (TPSA) is 81.2 Å². The van der Waals surface area contributed by atoms with Gasteiger partial charge in [-0.3, -0.25) is 0 Å². The Labute approximate surface area is 194 Å². The molecule has 1 fully saturated rings. The largest absolute Gasteiger partial charge is 0.482 e. The normalized spacial score (nSPS) is 16.0. The van der Waals surface area contributed by atoms with E-state index in [1.54, 1.807) is 19.2 Å². The third-order valence-corrected chi connectivity index (χ3v) is 6.19. The molecule has 7 heteroatoms. The molecule has 1 saturated heterocycles. The quantitative estimate of drug-likeness (QED) is 0.309. The van der Waals surface area contributed by atoms with Gasteiger partial charge in [0.1, 0.15) is 11.9 Å². The molecule has 0 bridgehead atoms. The summed E-state index contributed by atoms with van der Waals surface area (Å²) < 4.78 is 25.0. The van der Waals surface area contributed by atoms with E-state index >= 15 is 0 Å². The average Bonchev–Trinajstić information content (AvgIpc) is 2.80. The van der Waals surface area contributed by atoms with E-state index < -0.39 is 6.10 Å². The molecule has 1 unspecified atom stereocenters. The summed E-state index contributed by atoms with van der Waals surface area (Å²) in [4.78, 5) is 4.23. The van der Waals surface area contributed by atoms with Crippen molar-refractivity contribution >= 4 is 29.2 Å². The number of rotatable bonds is 10. The van der Waals surface area contributed by atoms with E-state index in [-0.39, 0.29) is 11.6 Å². The van der Waals surface area contributed by atoms with Gasteiger partial charge in [-0.05, 0) is 68.4 Å². The van der Waals surface area contributed by atoms with Crippen molar-refractivity contribution in [2.45, 2.75) is 51.6 Å². The summed E-state index contributed by atoms with van der Waals surface area (Å²) in [5.41, 5.74) is 8.06. The van der Waals surface area contributed by atoms with E-state index in [4.69, 9.17) is 32.2 Å². The van der Waals surface area contributed by atoms with Crippen LogP contribution in [0, 0.1) is 17.1 Å². The summed E-state index contributed by atoms with van der Waals surface area (Å²) in [6.45, 7) is 3.56. The van der Waals surface area contributed by atoms with Gasteiger partial charge >= 0.3 is 0 Å². The van der Waals surface area contributed by atoms with Crippen LogP contribution in [0.3, 0.4) is 0 Å². The van der Waals surface area contributed by atoms with Crippen molar-refractivity contribution in [2.24, 2.45) is 5.92 Å². The number of unbranched alkanes of at least 4 members (excludes halogenated alkanes) is 2. The van der Waals surface area contributed by atoms with E-state index in [0.717, 1.165) is 43.1 Å². The monoisotopic (exact) mass is 459 g/mol. The predicted molar refractivity (Wildman–Crippen MR) is 128 cm³/mol. The van der Waals surface area contributed by atoms with Crippen LogP contribution < -0.4 is 10.5 Å². The van der Waals surface area contributed by atoms with Crippen LogP contribution >= 0.6 is 11.6 Å². The standard InChI is InChI=1S/C25H31ClFN3O2/c1-17(22-14-21(27)7-8-23(22)26)32-24-13-20(16-30-25(24)29)19(15-28)6-4-2-3-5-18-9-11-31-12-10-18/h6-8,13-18,28H,2-5,9-12H2,1H3,(H2,29,30)/b19-6+,28-15?. The number of hydrogen-bond acceptors (Lipinski definition) is 5. The Morgan fingerprint density at radius 1 is 1.34 bits per heavy atom. The molecule has 2 heterocycles. The van der Waals surface area contributed by atoms with Crippen molar-refractivity contribution in [3.63, 3.8) is 0 Å². The maximum Gasteiger partial charge on any atom is 0.166 e. The smallest absolute Gasteiger partial charge is 0.166 e. The summed E-state index contributed by atoms with van der Waals surface area (Å²) in [6, 6.07) is 5.93. The average molecular weight is 460 g/mol. The van der Waals surface area contributed by atoms with Gasteiger partial charge in [0.25, 0.3) is 0 Å². The molecule has 0 spiro atoms. The molecule has 0 radical (unpaired) electrons. The van der Waals surface area contributed by atoms with Crippen molar-refractivity contribution < 1.29 is 13.9 Å². The van der Waals surface area contributed by atoms with Crippen LogP contribution in [0.25, 0.3) is 5.57 Å². The van der Waals surface area contributed by atoms with Crippen LogP contribution in [0.4, 0.5) is 10.2 Å². The van der Waals surface area contributed by atoms with Gasteiger partial charge in [-0.15, -0.1) is 0 Å². The Morgan fingerprint density at radius 3 is 2.88 bits per heavy atom. The zero-order chi connectivity index (χ0) is 22.9. The van der Waals surface area contributed by atoms with E-state index in [0.29, 0.717) is 16.3 Å². The first kappa shape index (κ1) is 24.2. The van der Waals surface area contributed by atoms with Gasteiger partial charge in [0, 0.05) is 41.8 Å². The van der Waals surface area contributed by atoms with Crippen LogP contribution in [0.1, 0.15) is 62.7 Å². The van der Waals surface area contributed by atoms with Gasteiger partial charge in [0.05, 0.1) is 0 Å². The molecule has 1 aliphatic heterocycles. The van der Waals surface area contributed by atoms with Crippen molar-refractivity contribution in [2.75, 3.05) is 18.9 Å². The molecule has 0 aliphatic carbocycles. The van der Waals surface area contributed by atoms with E-state index in [9.17, 15) is 4.39 Å². The fourth-order valence-corrected chi connectivity index (χ4v) is 4.19. The first-order chi connectivity index (χ1) is 15.5. The molecule has 0 saturated carbocycles. The number of nitrogens with zero attached hydrogens (tertiary/aromatic N) is 1. The number of halogens is 2. The summed E-state index contributed by atoms with van der Waals surface area (Å²) in [5, 5.41) is 8.24. The summed E-state index contributed by atoms with van der Waals surface area (Å²) in [7, 11) is 0. The predicted octanol–water partition coefficient (Wildman–Crippen LogP) is 6.62. The third-order valence-electron chi connectivity index (χ3n) is 5.84. The zero-order valence-electron chi connectivity index (χ0n) is 18.4. The molecule has 1 aromatic heterocycles. The number of anilines is 1. The lowest BCUT2D eigenvalue weighted by molar-refractivity contribution is 0.0632. The van der Waals surface area contributed by atoms with Gasteiger partial charge in [-0.1, -0.05) is 30.5 Å². The lowest BCUT2D eigenvalue weighted by atomic mass is 9.93. The van der Waals surface area contributed by atoms with Crippen LogP contribution in [-0.4, -0.2) is 24.4 Å². The molecule has 5 nitrogen and oxygen atoms in total. The number of nitrogens with two attached hydrogens (primary N) is 1. The second-order valence-corrected chi connectivity index (χ2v) is 8.58. The van der Waals surface area contributed by atoms with Gasteiger partial charge in [0.15, 0.2) is 11.6 Å². The zero-order valence-corrected chi connectivity index (χ0v) is 19.2. The van der Waals surface area contributed by atoms with Crippen LogP contribution in [0.5, 0.6) is 5.75 Å². The second kappa shape index (κ2) is 12.0. The fraction of sp³-hybridized carbons (Fsp3) is 0.440. The lowest BCUT2D eigenvalue weighted by Crippen LogP contribution is -2.15. The van der Waals surface area contributed by atoms with Crippen molar-refractivity contribution in [3.8, 4) is 5.75 Å². The SMILES string of the molecule is CC(Oc1cc(/C(C=N)=C/CCCCC2CCOCC2)cnc1N)c1cc(F)ccc1Cl. The molecule has 1 aliphatic rings. The minimum atomic E-state index is -0.518. The molecule has 1 atom stereocenters. The van der Waals surface area contributed by atoms with Crippen molar-refractivity contribution in [1.82, 2.24) is 4.98 Å². The second-order valence-electron chi connectivity index (χ2n) is 8.18. The van der Waals surface area contributed by atoms with Crippen LogP contribution in [0.15, 0.2) is 36.5 Å². The summed E-state index contributed by atoms with van der Waals surface area (Å²) in [5.74, 6) is 1.01. The molecule has 172 valence electrons. The molecular formula is C25H31ClFN3O2. The van der Waals surface area contributed by atoms with Gasteiger partial charge in [-0.2, -0.15) is 0 Å². The van der Waals surface area contributed by atoms with Gasteiger partial charge in [-0.25, -0.2) is 9.37 Å². The number of aromatic nitrogens is 1. The summed E-state index contributed by atoms with van der Waals surface area (Å²) >= 11 is 6.20. The Morgan fingerprint density at radius 2 is 2.12 bits per heavy atom. The highest BCUT2D eigenvalue weighted by Gasteiger charge is 2.16.